The normalized spacial score (nSPS) is 18.4. The molecule has 1 aromatic carbocycles. The first-order valence-electron chi connectivity index (χ1n) is 9.93. The lowest BCUT2D eigenvalue weighted by Crippen LogP contribution is -2.41. The second-order valence-corrected chi connectivity index (χ2v) is 7.09. The van der Waals surface area contributed by atoms with E-state index in [-0.39, 0.29) is 23.6 Å². The van der Waals surface area contributed by atoms with Crippen molar-refractivity contribution in [2.45, 2.75) is 44.2 Å². The molecule has 1 heterocycles. The van der Waals surface area contributed by atoms with Gasteiger partial charge in [0.1, 0.15) is 29.7 Å². The maximum Gasteiger partial charge on any atom is 0.573 e. The first-order chi connectivity index (χ1) is 15.3. The number of benzene rings is 1. The first-order valence-corrected chi connectivity index (χ1v) is 9.93. The van der Waals surface area contributed by atoms with Crippen molar-refractivity contribution >= 4 is 17.5 Å². The van der Waals surface area contributed by atoms with Crippen molar-refractivity contribution in [2.24, 2.45) is 0 Å². The summed E-state index contributed by atoms with van der Waals surface area (Å²) in [5.74, 6) is 0.878. The lowest BCUT2D eigenvalue weighted by molar-refractivity contribution is -0.274. The van der Waals surface area contributed by atoms with Gasteiger partial charge in [-0.15, -0.1) is 13.2 Å². The molecule has 0 spiro atoms. The van der Waals surface area contributed by atoms with Crippen LogP contribution in [0.25, 0.3) is 0 Å². The SMILES string of the molecule is CNc1cc(O[C@H]2CC[C@H](NC(=O)Nc3cc(OC(F)(F)F)ccc3OC)CC2)ncn1. The average molecular weight is 455 g/mol. The molecule has 0 aliphatic heterocycles. The fourth-order valence-corrected chi connectivity index (χ4v) is 3.36. The molecule has 32 heavy (non-hydrogen) atoms. The average Bonchev–Trinajstić information content (AvgIpc) is 2.74. The number of carbonyl (C=O) groups excluding carboxylic acids is 1. The Hall–Kier alpha value is -3.44. The van der Waals surface area contributed by atoms with Crippen molar-refractivity contribution in [3.05, 3.63) is 30.6 Å². The molecule has 2 amide bonds. The molecule has 0 atom stereocenters. The minimum absolute atomic E-state index is 0.0352. The summed E-state index contributed by atoms with van der Waals surface area (Å²) in [7, 11) is 3.10. The van der Waals surface area contributed by atoms with E-state index >= 15 is 0 Å². The Bertz CT molecular complexity index is 920. The van der Waals surface area contributed by atoms with E-state index < -0.39 is 18.1 Å². The molecular weight excluding hydrogens is 431 g/mol. The molecule has 3 N–H and O–H groups in total. The number of nitrogens with one attached hydrogen (secondary N) is 3. The van der Waals surface area contributed by atoms with Crippen molar-refractivity contribution in [3.8, 4) is 17.4 Å². The van der Waals surface area contributed by atoms with Gasteiger partial charge in [0.25, 0.3) is 0 Å². The second kappa shape index (κ2) is 10.2. The van der Waals surface area contributed by atoms with Gasteiger partial charge >= 0.3 is 12.4 Å². The monoisotopic (exact) mass is 455 g/mol. The fourth-order valence-electron chi connectivity index (χ4n) is 3.36. The zero-order valence-corrected chi connectivity index (χ0v) is 17.5. The summed E-state index contributed by atoms with van der Waals surface area (Å²) in [6, 6.07) is 4.50. The third-order valence-electron chi connectivity index (χ3n) is 4.85. The predicted octanol–water partition coefficient (Wildman–Crippen LogP) is 3.94. The number of anilines is 2. The molecule has 1 aliphatic carbocycles. The van der Waals surface area contributed by atoms with Crippen LogP contribution in [0, 0.1) is 0 Å². The van der Waals surface area contributed by atoms with E-state index in [0.717, 1.165) is 12.1 Å². The molecule has 0 saturated heterocycles. The van der Waals surface area contributed by atoms with Gasteiger partial charge in [-0.2, -0.15) is 0 Å². The van der Waals surface area contributed by atoms with Crippen LogP contribution in [0.5, 0.6) is 17.4 Å². The molecule has 1 fully saturated rings. The van der Waals surface area contributed by atoms with Crippen molar-refractivity contribution in [3.63, 3.8) is 0 Å². The van der Waals surface area contributed by atoms with Crippen molar-refractivity contribution in [1.82, 2.24) is 15.3 Å². The number of aromatic nitrogens is 2. The van der Waals surface area contributed by atoms with Crippen LogP contribution in [0.3, 0.4) is 0 Å². The predicted molar refractivity (Wildman–Crippen MR) is 110 cm³/mol. The van der Waals surface area contributed by atoms with Crippen molar-refractivity contribution < 1.29 is 32.2 Å². The molecule has 3 rings (SSSR count). The fraction of sp³-hybridized carbons (Fsp3) is 0.450. The smallest absolute Gasteiger partial charge is 0.495 e. The molecule has 1 aromatic heterocycles. The molecule has 0 bridgehead atoms. The summed E-state index contributed by atoms with van der Waals surface area (Å²) in [6.07, 6.45) is -0.680. The van der Waals surface area contributed by atoms with E-state index in [1.165, 1.54) is 19.5 Å². The number of ether oxygens (including phenoxy) is 3. The zero-order chi connectivity index (χ0) is 23.1. The number of urea groups is 1. The Kier molecular flexibility index (Phi) is 7.44. The van der Waals surface area contributed by atoms with Gasteiger partial charge in [0.15, 0.2) is 0 Å². The van der Waals surface area contributed by atoms with Crippen LogP contribution in [0.4, 0.5) is 29.5 Å². The number of carbonyl (C=O) groups is 1. The van der Waals surface area contributed by atoms with E-state index in [0.29, 0.717) is 37.4 Å². The van der Waals surface area contributed by atoms with Crippen molar-refractivity contribution in [2.75, 3.05) is 24.8 Å². The number of nitrogens with zero attached hydrogens (tertiary/aromatic N) is 2. The van der Waals surface area contributed by atoms with Gasteiger partial charge in [-0.05, 0) is 37.8 Å². The molecule has 12 heteroatoms. The van der Waals surface area contributed by atoms with E-state index in [2.05, 4.69) is 30.7 Å². The second-order valence-electron chi connectivity index (χ2n) is 7.09. The molecule has 1 saturated carbocycles. The highest BCUT2D eigenvalue weighted by molar-refractivity contribution is 5.91. The third-order valence-corrected chi connectivity index (χ3v) is 4.85. The minimum Gasteiger partial charge on any atom is -0.495 e. The topological polar surface area (TPSA) is 107 Å². The summed E-state index contributed by atoms with van der Waals surface area (Å²) in [5.41, 5.74) is 0.0628. The van der Waals surface area contributed by atoms with E-state index in [9.17, 15) is 18.0 Å². The molecule has 0 unspecified atom stereocenters. The maximum atomic E-state index is 12.5. The molecule has 174 valence electrons. The van der Waals surface area contributed by atoms with Crippen LogP contribution < -0.4 is 30.2 Å². The van der Waals surface area contributed by atoms with Gasteiger partial charge in [0.05, 0.1) is 12.8 Å². The van der Waals surface area contributed by atoms with Gasteiger partial charge < -0.3 is 30.2 Å². The first kappa shape index (κ1) is 23.2. The molecule has 9 nitrogen and oxygen atoms in total. The largest absolute Gasteiger partial charge is 0.573 e. The van der Waals surface area contributed by atoms with Gasteiger partial charge in [-0.3, -0.25) is 0 Å². The quantitative estimate of drug-likeness (QED) is 0.581. The Morgan fingerprint density at radius 3 is 2.53 bits per heavy atom. The lowest BCUT2D eigenvalue weighted by Gasteiger charge is -2.29. The Labute approximate surface area is 182 Å². The number of hydrogen-bond donors (Lipinski definition) is 3. The molecule has 0 radical (unpaired) electrons. The Morgan fingerprint density at radius 1 is 1.12 bits per heavy atom. The summed E-state index contributed by atoms with van der Waals surface area (Å²) >= 11 is 0. The standard InChI is InChI=1S/C20H24F3N5O4/c1-24-17-10-18(26-11-25-17)31-13-5-3-12(4-6-13)27-19(29)28-15-9-14(32-20(21,22)23)7-8-16(15)30-2/h7-13H,3-6H2,1-2H3,(H,24,25,26)(H2,27,28,29)/t12-,13-. The molecule has 2 aromatic rings. The number of amides is 2. The number of hydrogen-bond acceptors (Lipinski definition) is 7. The Balaban J connectivity index is 1.51. The van der Waals surface area contributed by atoms with Gasteiger partial charge in [-0.1, -0.05) is 0 Å². The number of halogens is 3. The highest BCUT2D eigenvalue weighted by Crippen LogP contribution is 2.32. The van der Waals surface area contributed by atoms with Gasteiger partial charge in [0.2, 0.25) is 5.88 Å². The van der Waals surface area contributed by atoms with Gasteiger partial charge in [0, 0.05) is 25.2 Å². The van der Waals surface area contributed by atoms with Crippen LogP contribution in [-0.4, -0.2) is 48.7 Å². The van der Waals surface area contributed by atoms with Crippen LogP contribution in [0.15, 0.2) is 30.6 Å². The lowest BCUT2D eigenvalue weighted by atomic mass is 9.93. The summed E-state index contributed by atoms with van der Waals surface area (Å²) < 4.78 is 52.3. The summed E-state index contributed by atoms with van der Waals surface area (Å²) in [4.78, 5) is 20.5. The highest BCUT2D eigenvalue weighted by atomic mass is 19.4. The summed E-state index contributed by atoms with van der Waals surface area (Å²) in [5, 5.41) is 8.27. The highest BCUT2D eigenvalue weighted by Gasteiger charge is 2.31. The van der Waals surface area contributed by atoms with Crippen LogP contribution in [-0.2, 0) is 0 Å². The maximum absolute atomic E-state index is 12.5. The van der Waals surface area contributed by atoms with E-state index in [1.54, 1.807) is 13.1 Å². The zero-order valence-electron chi connectivity index (χ0n) is 17.5. The van der Waals surface area contributed by atoms with Gasteiger partial charge in [-0.25, -0.2) is 14.8 Å². The van der Waals surface area contributed by atoms with E-state index in [1.807, 2.05) is 0 Å². The minimum atomic E-state index is -4.84. The molecule has 1 aliphatic rings. The third kappa shape index (κ3) is 6.79. The van der Waals surface area contributed by atoms with Crippen LogP contribution in [0.1, 0.15) is 25.7 Å². The van der Waals surface area contributed by atoms with Crippen LogP contribution >= 0.6 is 0 Å². The van der Waals surface area contributed by atoms with Crippen LogP contribution in [0.2, 0.25) is 0 Å². The molecular formula is C20H24F3N5O4. The van der Waals surface area contributed by atoms with E-state index in [4.69, 9.17) is 9.47 Å². The number of alkyl halides is 3. The Morgan fingerprint density at radius 2 is 1.88 bits per heavy atom. The number of rotatable bonds is 7. The summed E-state index contributed by atoms with van der Waals surface area (Å²) in [6.45, 7) is 0. The van der Waals surface area contributed by atoms with Crippen molar-refractivity contribution in [1.29, 1.82) is 0 Å². The number of methoxy groups -OCH3 is 1.